The summed E-state index contributed by atoms with van der Waals surface area (Å²) in [7, 11) is 0. The zero-order valence-electron chi connectivity index (χ0n) is 11.5. The molecule has 2 bridgehead atoms. The summed E-state index contributed by atoms with van der Waals surface area (Å²) in [5.74, 6) is 0. The van der Waals surface area contributed by atoms with Gasteiger partial charge in [0.25, 0.3) is 0 Å². The van der Waals surface area contributed by atoms with Gasteiger partial charge in [0.1, 0.15) is 0 Å². The summed E-state index contributed by atoms with van der Waals surface area (Å²) in [5, 5.41) is 11.6. The first-order valence-corrected chi connectivity index (χ1v) is 7.58. The second-order valence-corrected chi connectivity index (χ2v) is 6.01. The Morgan fingerprint density at radius 2 is 1.60 bits per heavy atom. The highest BCUT2D eigenvalue weighted by molar-refractivity contribution is 5.98. The van der Waals surface area contributed by atoms with Crippen LogP contribution in [0.2, 0.25) is 0 Å². The summed E-state index contributed by atoms with van der Waals surface area (Å²) in [4.78, 5) is 2.65. The van der Waals surface area contributed by atoms with Crippen molar-refractivity contribution in [1.29, 1.82) is 5.26 Å². The van der Waals surface area contributed by atoms with Crippen LogP contribution in [-0.4, -0.2) is 12.1 Å². The number of nitrogens with zero attached hydrogens (tertiary/aromatic N) is 2. The largest absolute Gasteiger partial charge is 0.365 e. The van der Waals surface area contributed by atoms with Crippen molar-refractivity contribution in [1.82, 2.24) is 0 Å². The van der Waals surface area contributed by atoms with Crippen LogP contribution in [-0.2, 0) is 0 Å². The van der Waals surface area contributed by atoms with Gasteiger partial charge in [-0.3, -0.25) is 0 Å². The molecule has 0 spiro atoms. The maximum Gasteiger partial charge on any atom is 0.0998 e. The highest BCUT2D eigenvalue weighted by Gasteiger charge is 2.37. The molecule has 100 valence electrons. The molecule has 0 aromatic heterocycles. The van der Waals surface area contributed by atoms with E-state index in [2.05, 4.69) is 35.2 Å². The SMILES string of the molecule is N#Cc1ccc(N2[C@H]3CCC[C@H]2CC3)c2ccccc12. The molecule has 20 heavy (non-hydrogen) atoms. The number of anilines is 1. The van der Waals surface area contributed by atoms with E-state index >= 15 is 0 Å². The van der Waals surface area contributed by atoms with Crippen LogP contribution in [0.15, 0.2) is 36.4 Å². The molecule has 0 radical (unpaired) electrons. The molecular formula is C18H18N2. The first-order chi connectivity index (χ1) is 9.88. The molecular weight excluding hydrogens is 244 g/mol. The topological polar surface area (TPSA) is 27.0 Å². The number of hydrogen-bond donors (Lipinski definition) is 0. The number of fused-ring (bicyclic) bond motifs is 3. The molecule has 2 aromatic carbocycles. The maximum absolute atomic E-state index is 9.29. The van der Waals surface area contributed by atoms with E-state index in [4.69, 9.17) is 0 Å². The fourth-order valence-electron chi connectivity index (χ4n) is 4.12. The fourth-order valence-corrected chi connectivity index (χ4v) is 4.12. The van der Waals surface area contributed by atoms with E-state index in [0.717, 1.165) is 10.9 Å². The zero-order chi connectivity index (χ0) is 13.5. The molecule has 0 amide bonds. The molecule has 0 unspecified atom stereocenters. The molecule has 2 aliphatic rings. The van der Waals surface area contributed by atoms with E-state index in [-0.39, 0.29) is 0 Å². The van der Waals surface area contributed by atoms with Crippen molar-refractivity contribution in [3.05, 3.63) is 42.0 Å². The van der Waals surface area contributed by atoms with Crippen LogP contribution >= 0.6 is 0 Å². The lowest BCUT2D eigenvalue weighted by Gasteiger charge is -2.37. The molecule has 2 heterocycles. The zero-order valence-corrected chi connectivity index (χ0v) is 11.5. The third kappa shape index (κ3) is 1.63. The van der Waals surface area contributed by atoms with Crippen LogP contribution in [0.4, 0.5) is 5.69 Å². The summed E-state index contributed by atoms with van der Waals surface area (Å²) < 4.78 is 0. The molecule has 4 rings (SSSR count). The predicted molar refractivity (Wildman–Crippen MR) is 81.8 cm³/mol. The summed E-state index contributed by atoms with van der Waals surface area (Å²) in [5.41, 5.74) is 2.13. The summed E-state index contributed by atoms with van der Waals surface area (Å²) in [6, 6.07) is 16.2. The molecule has 0 aliphatic carbocycles. The molecule has 2 atom stereocenters. The summed E-state index contributed by atoms with van der Waals surface area (Å²) >= 11 is 0. The number of benzene rings is 2. The standard InChI is InChI=1S/C18H18N2/c19-12-13-8-11-18(17-7-2-1-6-16(13)17)20-14-4-3-5-15(20)10-9-14/h1-2,6-8,11,14-15H,3-5,9-10H2/t14-,15-/m0/s1. The molecule has 2 nitrogen and oxygen atoms in total. The van der Waals surface area contributed by atoms with Gasteiger partial charge in [-0.05, 0) is 44.2 Å². The lowest BCUT2D eigenvalue weighted by molar-refractivity contribution is 0.469. The van der Waals surface area contributed by atoms with Gasteiger partial charge < -0.3 is 4.90 Å². The van der Waals surface area contributed by atoms with Gasteiger partial charge in [0.2, 0.25) is 0 Å². The minimum Gasteiger partial charge on any atom is -0.365 e. The Morgan fingerprint density at radius 3 is 2.30 bits per heavy atom. The van der Waals surface area contributed by atoms with Gasteiger partial charge in [-0.25, -0.2) is 0 Å². The lowest BCUT2D eigenvalue weighted by atomic mass is 9.98. The Hall–Kier alpha value is -2.01. The number of hydrogen-bond acceptors (Lipinski definition) is 2. The average molecular weight is 262 g/mol. The Morgan fingerprint density at radius 1 is 0.900 bits per heavy atom. The second-order valence-electron chi connectivity index (χ2n) is 6.01. The number of piperidine rings is 1. The smallest absolute Gasteiger partial charge is 0.0998 e. The summed E-state index contributed by atoms with van der Waals surface area (Å²) in [6.45, 7) is 0. The Kier molecular flexibility index (Phi) is 2.67. The van der Waals surface area contributed by atoms with Crippen molar-refractivity contribution in [3.63, 3.8) is 0 Å². The van der Waals surface area contributed by atoms with E-state index in [1.54, 1.807) is 0 Å². The van der Waals surface area contributed by atoms with Crippen molar-refractivity contribution in [2.75, 3.05) is 4.90 Å². The Bertz CT molecular complexity index is 682. The highest BCUT2D eigenvalue weighted by atomic mass is 15.2. The third-order valence-corrected chi connectivity index (χ3v) is 4.99. The first kappa shape index (κ1) is 11.8. The first-order valence-electron chi connectivity index (χ1n) is 7.58. The second kappa shape index (κ2) is 4.52. The Labute approximate surface area is 119 Å². The van der Waals surface area contributed by atoms with Crippen LogP contribution in [0.25, 0.3) is 10.8 Å². The molecule has 2 aromatic rings. The molecule has 2 aliphatic heterocycles. The van der Waals surface area contributed by atoms with Crippen LogP contribution in [0.1, 0.15) is 37.7 Å². The number of nitriles is 1. The van der Waals surface area contributed by atoms with E-state index in [9.17, 15) is 5.26 Å². The van der Waals surface area contributed by atoms with E-state index in [1.807, 2.05) is 12.1 Å². The van der Waals surface area contributed by atoms with Gasteiger partial charge >= 0.3 is 0 Å². The molecule has 2 fully saturated rings. The van der Waals surface area contributed by atoms with Crippen LogP contribution in [0.5, 0.6) is 0 Å². The van der Waals surface area contributed by atoms with Crippen molar-refractivity contribution >= 4 is 16.5 Å². The maximum atomic E-state index is 9.29. The minimum atomic E-state index is 0.713. The average Bonchev–Trinajstić information content (AvgIpc) is 2.75. The monoisotopic (exact) mass is 262 g/mol. The number of rotatable bonds is 1. The van der Waals surface area contributed by atoms with Crippen LogP contribution < -0.4 is 4.90 Å². The van der Waals surface area contributed by atoms with Gasteiger partial charge in [-0.1, -0.05) is 24.3 Å². The quantitative estimate of drug-likeness (QED) is 0.769. The molecule has 0 N–H and O–H groups in total. The van der Waals surface area contributed by atoms with Gasteiger partial charge in [0.05, 0.1) is 11.6 Å². The third-order valence-electron chi connectivity index (χ3n) is 4.99. The predicted octanol–water partition coefficient (Wildman–Crippen LogP) is 4.23. The van der Waals surface area contributed by atoms with Gasteiger partial charge in [-0.2, -0.15) is 5.26 Å². The lowest BCUT2D eigenvalue weighted by Crippen LogP contribution is -2.39. The van der Waals surface area contributed by atoms with Gasteiger partial charge in [0, 0.05) is 28.5 Å². The normalized spacial score (nSPS) is 24.9. The van der Waals surface area contributed by atoms with Crippen LogP contribution in [0.3, 0.4) is 0 Å². The van der Waals surface area contributed by atoms with E-state index in [0.29, 0.717) is 12.1 Å². The Balaban J connectivity index is 1.91. The van der Waals surface area contributed by atoms with E-state index in [1.165, 1.54) is 43.2 Å². The molecule has 2 saturated heterocycles. The van der Waals surface area contributed by atoms with Gasteiger partial charge in [-0.15, -0.1) is 0 Å². The molecule has 0 saturated carbocycles. The van der Waals surface area contributed by atoms with Crippen molar-refractivity contribution in [3.8, 4) is 6.07 Å². The summed E-state index contributed by atoms with van der Waals surface area (Å²) in [6.07, 6.45) is 6.69. The van der Waals surface area contributed by atoms with Gasteiger partial charge in [0.15, 0.2) is 0 Å². The minimum absolute atomic E-state index is 0.713. The van der Waals surface area contributed by atoms with E-state index < -0.39 is 0 Å². The van der Waals surface area contributed by atoms with Crippen molar-refractivity contribution < 1.29 is 0 Å². The van der Waals surface area contributed by atoms with Crippen molar-refractivity contribution in [2.45, 2.75) is 44.2 Å². The van der Waals surface area contributed by atoms with Crippen LogP contribution in [0, 0.1) is 11.3 Å². The highest BCUT2D eigenvalue weighted by Crippen LogP contribution is 2.42. The van der Waals surface area contributed by atoms with Crippen molar-refractivity contribution in [2.24, 2.45) is 0 Å². The molecule has 2 heteroatoms. The fraction of sp³-hybridized carbons (Fsp3) is 0.389.